The summed E-state index contributed by atoms with van der Waals surface area (Å²) in [5.41, 5.74) is 2.70. The summed E-state index contributed by atoms with van der Waals surface area (Å²) in [6.45, 7) is 3.77. The lowest BCUT2D eigenvalue weighted by atomic mass is 10.1. The fraction of sp³-hybridized carbons (Fsp3) is 0.174. The number of nitrogens with zero attached hydrogens (tertiary/aromatic N) is 3. The van der Waals surface area contributed by atoms with E-state index in [0.717, 1.165) is 5.56 Å². The van der Waals surface area contributed by atoms with Gasteiger partial charge in [0, 0.05) is 21.3 Å². The molecule has 2 aromatic carbocycles. The van der Waals surface area contributed by atoms with Crippen LogP contribution < -0.4 is 9.47 Å². The Kier molecular flexibility index (Phi) is 7.01. The average molecular weight is 456 g/mol. The maximum atomic E-state index is 12.7. The van der Waals surface area contributed by atoms with Gasteiger partial charge in [-0.05, 0) is 55.8 Å². The number of aryl methyl sites for hydroxylation is 2. The molecule has 6 nitrogen and oxygen atoms in total. The van der Waals surface area contributed by atoms with Gasteiger partial charge in [-0.15, -0.1) is 0 Å². The van der Waals surface area contributed by atoms with Crippen LogP contribution in [0.4, 0.5) is 0 Å². The Labute approximate surface area is 190 Å². The molecule has 0 aliphatic heterocycles. The minimum Gasteiger partial charge on any atom is -0.493 e. The topological polar surface area (TPSA) is 77.1 Å². The number of hydrogen-bond donors (Lipinski definition) is 0. The summed E-state index contributed by atoms with van der Waals surface area (Å²) in [6.07, 6.45) is 1.49. The second kappa shape index (κ2) is 9.69. The van der Waals surface area contributed by atoms with Crippen molar-refractivity contribution in [3.8, 4) is 17.6 Å². The maximum absolute atomic E-state index is 12.7. The largest absolute Gasteiger partial charge is 0.493 e. The van der Waals surface area contributed by atoms with Crippen molar-refractivity contribution < 1.29 is 14.3 Å². The van der Waals surface area contributed by atoms with Gasteiger partial charge in [0.25, 0.3) is 5.91 Å². The molecular weight excluding hydrogens is 437 g/mol. The minimum absolute atomic E-state index is 0.0464. The molecule has 0 unspecified atom stereocenters. The molecule has 0 spiro atoms. The number of benzene rings is 2. The van der Waals surface area contributed by atoms with Gasteiger partial charge in [-0.1, -0.05) is 35.3 Å². The van der Waals surface area contributed by atoms with Crippen LogP contribution in [0, 0.1) is 25.2 Å². The van der Waals surface area contributed by atoms with E-state index in [2.05, 4.69) is 5.10 Å². The number of aromatic nitrogens is 2. The van der Waals surface area contributed by atoms with Gasteiger partial charge in [-0.2, -0.15) is 10.4 Å². The smallest absolute Gasteiger partial charge is 0.289 e. The summed E-state index contributed by atoms with van der Waals surface area (Å²) >= 11 is 12.1. The molecule has 0 radical (unpaired) electrons. The third-order valence-electron chi connectivity index (χ3n) is 4.45. The standard InChI is InChI=1S/C23H19Cl2N3O3/c1-14-8-15(2)28(27-14)23(29)18(12-26)9-16-4-7-21(22(10-16)30-3)31-13-17-5-6-19(24)11-20(17)25/h4-11H,13H2,1-3H3/b18-9+. The van der Waals surface area contributed by atoms with E-state index in [0.29, 0.717) is 38.5 Å². The van der Waals surface area contributed by atoms with Crippen LogP contribution in [0.3, 0.4) is 0 Å². The predicted molar refractivity (Wildman–Crippen MR) is 120 cm³/mol. The van der Waals surface area contributed by atoms with Gasteiger partial charge in [-0.3, -0.25) is 4.79 Å². The van der Waals surface area contributed by atoms with E-state index in [-0.39, 0.29) is 12.2 Å². The normalized spacial score (nSPS) is 11.2. The molecule has 1 heterocycles. The van der Waals surface area contributed by atoms with E-state index >= 15 is 0 Å². The summed E-state index contributed by atoms with van der Waals surface area (Å²) in [7, 11) is 1.51. The van der Waals surface area contributed by atoms with Crippen molar-refractivity contribution in [3.05, 3.63) is 80.6 Å². The maximum Gasteiger partial charge on any atom is 0.289 e. The highest BCUT2D eigenvalue weighted by atomic mass is 35.5. The van der Waals surface area contributed by atoms with Crippen LogP contribution in [0.5, 0.6) is 11.5 Å². The average Bonchev–Trinajstić information content (AvgIpc) is 3.09. The lowest BCUT2D eigenvalue weighted by Crippen LogP contribution is -2.15. The van der Waals surface area contributed by atoms with Crippen molar-refractivity contribution in [1.82, 2.24) is 9.78 Å². The Morgan fingerprint density at radius 1 is 1.16 bits per heavy atom. The fourth-order valence-electron chi connectivity index (χ4n) is 2.94. The molecule has 158 valence electrons. The highest BCUT2D eigenvalue weighted by molar-refractivity contribution is 6.35. The molecule has 0 aliphatic carbocycles. The first-order chi connectivity index (χ1) is 14.8. The third-order valence-corrected chi connectivity index (χ3v) is 5.04. The van der Waals surface area contributed by atoms with Crippen molar-refractivity contribution in [1.29, 1.82) is 5.26 Å². The Balaban J connectivity index is 1.83. The SMILES string of the molecule is COc1cc(/C=C(\C#N)C(=O)n2nc(C)cc2C)ccc1OCc1ccc(Cl)cc1Cl. The van der Waals surface area contributed by atoms with Crippen molar-refractivity contribution in [3.63, 3.8) is 0 Å². The molecular formula is C23H19Cl2N3O3. The number of carbonyl (C=O) groups excluding carboxylic acids is 1. The van der Waals surface area contributed by atoms with Gasteiger partial charge < -0.3 is 9.47 Å². The van der Waals surface area contributed by atoms with Gasteiger partial charge in [-0.25, -0.2) is 4.68 Å². The molecule has 0 N–H and O–H groups in total. The Bertz CT molecular complexity index is 1210. The van der Waals surface area contributed by atoms with Gasteiger partial charge in [0.2, 0.25) is 0 Å². The number of ether oxygens (including phenoxy) is 2. The minimum atomic E-state index is -0.496. The van der Waals surface area contributed by atoms with Crippen LogP contribution >= 0.6 is 23.2 Å². The zero-order chi connectivity index (χ0) is 22.5. The molecule has 0 bridgehead atoms. The molecule has 3 aromatic rings. The highest BCUT2D eigenvalue weighted by Crippen LogP contribution is 2.31. The number of carbonyl (C=O) groups is 1. The first kappa shape index (κ1) is 22.4. The van der Waals surface area contributed by atoms with Crippen LogP contribution in [-0.2, 0) is 6.61 Å². The van der Waals surface area contributed by atoms with Crippen molar-refractivity contribution >= 4 is 35.2 Å². The third kappa shape index (κ3) is 5.26. The predicted octanol–water partition coefficient (Wildman–Crippen LogP) is 5.64. The van der Waals surface area contributed by atoms with Crippen molar-refractivity contribution in [2.75, 3.05) is 7.11 Å². The second-order valence-electron chi connectivity index (χ2n) is 6.75. The van der Waals surface area contributed by atoms with Gasteiger partial charge in [0.1, 0.15) is 18.2 Å². The second-order valence-corrected chi connectivity index (χ2v) is 7.59. The van der Waals surface area contributed by atoms with Crippen molar-refractivity contribution in [2.24, 2.45) is 0 Å². The number of methoxy groups -OCH3 is 1. The molecule has 0 atom stereocenters. The Morgan fingerprint density at radius 3 is 2.55 bits per heavy atom. The van der Waals surface area contributed by atoms with Crippen LogP contribution in [0.1, 0.15) is 27.3 Å². The summed E-state index contributed by atoms with van der Waals surface area (Å²) in [6, 6.07) is 14.0. The zero-order valence-electron chi connectivity index (χ0n) is 17.1. The Hall–Kier alpha value is -3.27. The molecule has 31 heavy (non-hydrogen) atoms. The van der Waals surface area contributed by atoms with Crippen molar-refractivity contribution in [2.45, 2.75) is 20.5 Å². The number of halogens is 2. The van der Waals surface area contributed by atoms with Crippen LogP contribution in [0.15, 0.2) is 48.0 Å². The lowest BCUT2D eigenvalue weighted by Gasteiger charge is -2.12. The Morgan fingerprint density at radius 2 is 1.94 bits per heavy atom. The number of nitriles is 1. The molecule has 8 heteroatoms. The van der Waals surface area contributed by atoms with Crippen LogP contribution in [-0.4, -0.2) is 22.8 Å². The first-order valence-electron chi connectivity index (χ1n) is 9.27. The molecule has 0 saturated carbocycles. The van der Waals surface area contributed by atoms with E-state index in [9.17, 15) is 10.1 Å². The summed E-state index contributed by atoms with van der Waals surface area (Å²) < 4.78 is 12.5. The van der Waals surface area contributed by atoms with Gasteiger partial charge in [0.05, 0.1) is 12.8 Å². The lowest BCUT2D eigenvalue weighted by molar-refractivity contribution is 0.0943. The molecule has 0 aliphatic rings. The van der Waals surface area contributed by atoms with E-state index in [4.69, 9.17) is 32.7 Å². The molecule has 0 saturated heterocycles. The molecule has 3 rings (SSSR count). The quantitative estimate of drug-likeness (QED) is 0.354. The monoisotopic (exact) mass is 455 g/mol. The number of hydrogen-bond acceptors (Lipinski definition) is 5. The molecule has 0 amide bonds. The fourth-order valence-corrected chi connectivity index (χ4v) is 3.41. The van der Waals surface area contributed by atoms with Gasteiger partial charge >= 0.3 is 0 Å². The van der Waals surface area contributed by atoms with Crippen LogP contribution in [0.2, 0.25) is 10.0 Å². The molecule has 1 aromatic heterocycles. The summed E-state index contributed by atoms with van der Waals surface area (Å²) in [5.74, 6) is 0.452. The highest BCUT2D eigenvalue weighted by Gasteiger charge is 2.16. The molecule has 0 fully saturated rings. The zero-order valence-corrected chi connectivity index (χ0v) is 18.7. The number of rotatable bonds is 6. The van der Waals surface area contributed by atoms with E-state index in [1.54, 1.807) is 56.3 Å². The van der Waals surface area contributed by atoms with Crippen LogP contribution in [0.25, 0.3) is 6.08 Å². The van der Waals surface area contributed by atoms with Gasteiger partial charge in [0.15, 0.2) is 11.5 Å². The van der Waals surface area contributed by atoms with E-state index < -0.39 is 5.91 Å². The summed E-state index contributed by atoms with van der Waals surface area (Å²) in [4.78, 5) is 12.7. The number of allylic oxidation sites excluding steroid dienone is 1. The van der Waals surface area contributed by atoms with E-state index in [1.807, 2.05) is 6.07 Å². The van der Waals surface area contributed by atoms with E-state index in [1.165, 1.54) is 17.9 Å². The summed E-state index contributed by atoms with van der Waals surface area (Å²) in [5, 5.41) is 14.7. The first-order valence-corrected chi connectivity index (χ1v) is 10.0.